The van der Waals surface area contributed by atoms with Crippen LogP contribution in [0.1, 0.15) is 51.8 Å². The van der Waals surface area contributed by atoms with E-state index in [-0.39, 0.29) is 16.8 Å². The number of nitrogens with one attached hydrogen (secondary N) is 2. The number of hydrogen-bond donors (Lipinski definition) is 3. The Bertz CT molecular complexity index is 1100. The van der Waals surface area contributed by atoms with Crippen molar-refractivity contribution in [2.24, 2.45) is 0 Å². The molecule has 1 aliphatic rings. The molecule has 1 aliphatic heterocycles. The minimum absolute atomic E-state index is 0.0112. The van der Waals surface area contributed by atoms with Crippen molar-refractivity contribution in [1.29, 1.82) is 0 Å². The number of nitrogens with zero attached hydrogens (tertiary/aromatic N) is 3. The van der Waals surface area contributed by atoms with E-state index in [0.29, 0.717) is 16.9 Å². The average molecular weight is 426 g/mol. The summed E-state index contributed by atoms with van der Waals surface area (Å²) < 4.78 is 14.6. The van der Waals surface area contributed by atoms with Crippen LogP contribution in [-0.4, -0.2) is 49.4 Å². The summed E-state index contributed by atoms with van der Waals surface area (Å²) in [5.41, 5.74) is 3.60. The lowest BCUT2D eigenvalue weighted by atomic mass is 9.83. The highest BCUT2D eigenvalue weighted by Gasteiger charge is 2.41. The molecule has 1 aromatic carbocycles. The number of H-pyrrole nitrogens is 1. The van der Waals surface area contributed by atoms with Crippen molar-refractivity contribution < 1.29 is 9.50 Å². The molecule has 31 heavy (non-hydrogen) atoms. The van der Waals surface area contributed by atoms with Crippen molar-refractivity contribution in [2.75, 3.05) is 13.1 Å². The second kappa shape index (κ2) is 7.88. The molecule has 3 N–H and O–H groups in total. The van der Waals surface area contributed by atoms with Gasteiger partial charge in [0.05, 0.1) is 5.69 Å². The molecular formula is C24H32FN5O. The van der Waals surface area contributed by atoms with Crippen LogP contribution in [0.3, 0.4) is 0 Å². The second-order valence-electron chi connectivity index (χ2n) is 9.40. The topological polar surface area (TPSA) is 77.1 Å². The number of rotatable bonds is 5. The van der Waals surface area contributed by atoms with E-state index in [1.165, 1.54) is 6.07 Å². The number of fused-ring (bicyclic) bond motifs is 1. The highest BCUT2D eigenvalue weighted by Crippen LogP contribution is 2.35. The number of hydrogen-bond acceptors (Lipinski definition) is 5. The zero-order valence-electron chi connectivity index (χ0n) is 19.0. The third-order valence-corrected chi connectivity index (χ3v) is 6.85. The van der Waals surface area contributed by atoms with Gasteiger partial charge in [-0.3, -0.25) is 10.00 Å². The summed E-state index contributed by atoms with van der Waals surface area (Å²) in [5, 5.41) is 21.7. The van der Waals surface area contributed by atoms with Gasteiger partial charge in [-0.05, 0) is 57.4 Å². The summed E-state index contributed by atoms with van der Waals surface area (Å²) in [6.07, 6.45) is 2.09. The SMILES string of the molecule is CCC1(CC)CNC(C)(C)CN1Cc1cc(-c2ccc(O)cc2F)nc2n[nH]c(C)c12. The Morgan fingerprint density at radius 1 is 1.19 bits per heavy atom. The third-order valence-electron chi connectivity index (χ3n) is 6.85. The first-order valence-corrected chi connectivity index (χ1v) is 11.0. The van der Waals surface area contributed by atoms with Gasteiger partial charge in [0.2, 0.25) is 0 Å². The first kappa shape index (κ1) is 21.7. The standard InChI is InChI=1S/C24H32FN5O/c1-6-24(7-2)13-26-23(4,5)14-30(24)12-16-10-20(18-9-8-17(31)11-19(18)25)27-22-21(16)15(3)28-29-22/h8-11,26,31H,6-7,12-14H2,1-5H3,(H,27,28,29). The van der Waals surface area contributed by atoms with Crippen LogP contribution < -0.4 is 5.32 Å². The quantitative estimate of drug-likeness (QED) is 0.560. The van der Waals surface area contributed by atoms with E-state index in [1.807, 2.05) is 13.0 Å². The van der Waals surface area contributed by atoms with E-state index in [0.717, 1.165) is 55.2 Å². The molecule has 0 aliphatic carbocycles. The molecule has 4 rings (SSSR count). The van der Waals surface area contributed by atoms with Crippen molar-refractivity contribution in [2.45, 2.75) is 65.1 Å². The Hall–Kier alpha value is -2.51. The predicted molar refractivity (Wildman–Crippen MR) is 121 cm³/mol. The molecule has 0 radical (unpaired) electrons. The molecule has 0 bridgehead atoms. The maximum atomic E-state index is 14.6. The Morgan fingerprint density at radius 2 is 1.94 bits per heavy atom. The summed E-state index contributed by atoms with van der Waals surface area (Å²) in [6.45, 7) is 13.5. The highest BCUT2D eigenvalue weighted by molar-refractivity contribution is 5.84. The zero-order valence-corrected chi connectivity index (χ0v) is 19.0. The van der Waals surface area contributed by atoms with E-state index >= 15 is 0 Å². The number of halogens is 1. The van der Waals surface area contributed by atoms with Crippen LogP contribution >= 0.6 is 0 Å². The van der Waals surface area contributed by atoms with Gasteiger partial charge in [0.25, 0.3) is 0 Å². The molecular weight excluding hydrogens is 393 g/mol. The van der Waals surface area contributed by atoms with Gasteiger partial charge in [-0.1, -0.05) is 13.8 Å². The van der Waals surface area contributed by atoms with Gasteiger partial charge >= 0.3 is 0 Å². The fraction of sp³-hybridized carbons (Fsp3) is 0.500. The van der Waals surface area contributed by atoms with Gasteiger partial charge in [-0.15, -0.1) is 0 Å². The molecule has 0 atom stereocenters. The molecule has 0 amide bonds. The lowest BCUT2D eigenvalue weighted by molar-refractivity contribution is 0.00263. The Kier molecular flexibility index (Phi) is 5.52. The summed E-state index contributed by atoms with van der Waals surface area (Å²) in [6, 6.07) is 6.15. The third kappa shape index (κ3) is 3.92. The molecule has 0 unspecified atom stereocenters. The molecule has 7 heteroatoms. The molecule has 166 valence electrons. The monoisotopic (exact) mass is 425 g/mol. The smallest absolute Gasteiger partial charge is 0.182 e. The van der Waals surface area contributed by atoms with Crippen molar-refractivity contribution in [1.82, 2.24) is 25.4 Å². The van der Waals surface area contributed by atoms with Gasteiger partial charge in [0, 0.05) is 53.4 Å². The van der Waals surface area contributed by atoms with Gasteiger partial charge in [0.15, 0.2) is 5.65 Å². The molecule has 3 aromatic rings. The minimum atomic E-state index is -0.496. The first-order chi connectivity index (χ1) is 14.7. The van der Waals surface area contributed by atoms with Gasteiger partial charge in [-0.25, -0.2) is 9.37 Å². The number of aromatic amines is 1. The molecule has 2 aromatic heterocycles. The normalized spacial score (nSPS) is 18.5. The summed E-state index contributed by atoms with van der Waals surface area (Å²) in [5.74, 6) is -0.596. The number of benzene rings is 1. The highest BCUT2D eigenvalue weighted by atomic mass is 19.1. The fourth-order valence-electron chi connectivity index (χ4n) is 4.83. The lowest BCUT2D eigenvalue weighted by Crippen LogP contribution is -2.67. The molecule has 0 spiro atoms. The number of phenolic OH excluding ortho intramolecular Hbond substituents is 1. The maximum Gasteiger partial charge on any atom is 0.182 e. The number of aromatic nitrogens is 3. The van der Waals surface area contributed by atoms with Gasteiger partial charge in [-0.2, -0.15) is 5.10 Å². The van der Waals surface area contributed by atoms with Crippen molar-refractivity contribution in [3.05, 3.63) is 41.3 Å². The van der Waals surface area contributed by atoms with Crippen LogP contribution in [0.15, 0.2) is 24.3 Å². The van der Waals surface area contributed by atoms with E-state index in [1.54, 1.807) is 6.07 Å². The number of pyridine rings is 1. The zero-order chi connectivity index (χ0) is 22.4. The van der Waals surface area contributed by atoms with E-state index in [9.17, 15) is 9.50 Å². The van der Waals surface area contributed by atoms with Crippen LogP contribution in [0.25, 0.3) is 22.3 Å². The summed E-state index contributed by atoms with van der Waals surface area (Å²) >= 11 is 0. The Labute approximate surface area is 182 Å². The van der Waals surface area contributed by atoms with Crippen molar-refractivity contribution in [3.63, 3.8) is 0 Å². The van der Waals surface area contributed by atoms with E-state index in [2.05, 4.69) is 53.1 Å². The Balaban J connectivity index is 1.83. The molecule has 0 saturated carbocycles. The fourth-order valence-corrected chi connectivity index (χ4v) is 4.83. The van der Waals surface area contributed by atoms with E-state index in [4.69, 9.17) is 0 Å². The van der Waals surface area contributed by atoms with Crippen LogP contribution in [-0.2, 0) is 6.54 Å². The first-order valence-electron chi connectivity index (χ1n) is 11.0. The molecule has 6 nitrogen and oxygen atoms in total. The summed E-state index contributed by atoms with van der Waals surface area (Å²) in [4.78, 5) is 7.19. The summed E-state index contributed by atoms with van der Waals surface area (Å²) in [7, 11) is 0. The van der Waals surface area contributed by atoms with Gasteiger partial charge in [0.1, 0.15) is 11.6 Å². The molecule has 1 fully saturated rings. The van der Waals surface area contributed by atoms with Crippen molar-refractivity contribution in [3.8, 4) is 17.0 Å². The number of piperazine rings is 1. The number of aromatic hydroxyl groups is 1. The molecule has 1 saturated heterocycles. The lowest BCUT2D eigenvalue weighted by Gasteiger charge is -2.52. The largest absolute Gasteiger partial charge is 0.508 e. The number of phenols is 1. The minimum Gasteiger partial charge on any atom is -0.508 e. The van der Waals surface area contributed by atoms with Crippen LogP contribution in [0.4, 0.5) is 4.39 Å². The van der Waals surface area contributed by atoms with Crippen LogP contribution in [0, 0.1) is 12.7 Å². The second-order valence-corrected chi connectivity index (χ2v) is 9.40. The van der Waals surface area contributed by atoms with E-state index < -0.39 is 5.82 Å². The van der Waals surface area contributed by atoms with Crippen molar-refractivity contribution >= 4 is 11.0 Å². The van der Waals surface area contributed by atoms with Gasteiger partial charge < -0.3 is 10.4 Å². The van der Waals surface area contributed by atoms with Crippen LogP contribution in [0.5, 0.6) is 5.75 Å². The average Bonchev–Trinajstić information content (AvgIpc) is 3.09. The molecule has 3 heterocycles. The predicted octanol–water partition coefficient (Wildman–Crippen LogP) is 4.52. The van der Waals surface area contributed by atoms with Crippen LogP contribution in [0.2, 0.25) is 0 Å². The Morgan fingerprint density at radius 3 is 2.61 bits per heavy atom. The maximum absolute atomic E-state index is 14.6. The number of aryl methyl sites for hydroxylation is 1.